The Kier molecular flexibility index (Phi) is 6.97. The maximum Gasteiger partial charge on any atom is 0.326 e. The van der Waals surface area contributed by atoms with Gasteiger partial charge in [0.05, 0.1) is 24.4 Å². The predicted octanol–water partition coefficient (Wildman–Crippen LogP) is 4.07. The van der Waals surface area contributed by atoms with Crippen LogP contribution >= 0.6 is 23.2 Å². The summed E-state index contributed by atoms with van der Waals surface area (Å²) < 4.78 is 37.4. The normalized spacial score (nSPS) is 11.1. The smallest absolute Gasteiger partial charge is 0.326 e. The van der Waals surface area contributed by atoms with Crippen molar-refractivity contribution in [2.45, 2.75) is 18.7 Å². The molecule has 0 aliphatic heterocycles. The van der Waals surface area contributed by atoms with Gasteiger partial charge in [-0.15, -0.1) is 0 Å². The van der Waals surface area contributed by atoms with Gasteiger partial charge < -0.3 is 9.47 Å². The predicted molar refractivity (Wildman–Crippen MR) is 105 cm³/mol. The van der Waals surface area contributed by atoms with Gasteiger partial charge in [-0.3, -0.25) is 9.10 Å². The quantitative estimate of drug-likeness (QED) is 0.617. The third kappa shape index (κ3) is 4.66. The van der Waals surface area contributed by atoms with Crippen LogP contribution in [0.5, 0.6) is 5.75 Å². The zero-order valence-corrected chi connectivity index (χ0v) is 17.4. The molecule has 0 unspecified atom stereocenters. The van der Waals surface area contributed by atoms with E-state index < -0.39 is 22.5 Å². The molecule has 0 fully saturated rings. The summed E-state index contributed by atoms with van der Waals surface area (Å²) in [6.07, 6.45) is 0. The third-order valence-corrected chi connectivity index (χ3v) is 6.49. The Morgan fingerprint density at radius 2 is 1.70 bits per heavy atom. The fourth-order valence-electron chi connectivity index (χ4n) is 2.34. The summed E-state index contributed by atoms with van der Waals surface area (Å²) in [6.45, 7) is 3.14. The number of benzene rings is 2. The molecule has 2 aromatic rings. The molecule has 27 heavy (non-hydrogen) atoms. The summed E-state index contributed by atoms with van der Waals surface area (Å²) in [5.41, 5.74) is 1.24. The van der Waals surface area contributed by atoms with E-state index in [2.05, 4.69) is 0 Å². The van der Waals surface area contributed by atoms with Crippen molar-refractivity contribution < 1.29 is 22.7 Å². The summed E-state index contributed by atoms with van der Waals surface area (Å²) in [6, 6.07) is 9.38. The fraction of sp³-hybridized carbons (Fsp3) is 0.278. The molecule has 0 bridgehead atoms. The number of methoxy groups -OCH3 is 1. The molecule has 0 spiro atoms. The average molecular weight is 432 g/mol. The Hall–Kier alpha value is -1.96. The highest BCUT2D eigenvalue weighted by Gasteiger charge is 2.31. The first-order valence-corrected chi connectivity index (χ1v) is 10.2. The van der Waals surface area contributed by atoms with Crippen LogP contribution < -0.4 is 9.04 Å². The van der Waals surface area contributed by atoms with Crippen LogP contribution in [0, 0.1) is 6.92 Å². The molecule has 0 radical (unpaired) electrons. The molecule has 0 aliphatic carbocycles. The lowest BCUT2D eigenvalue weighted by molar-refractivity contribution is -0.141. The van der Waals surface area contributed by atoms with Crippen molar-refractivity contribution in [3.63, 3.8) is 0 Å². The van der Waals surface area contributed by atoms with Crippen LogP contribution in [0.4, 0.5) is 5.69 Å². The van der Waals surface area contributed by atoms with Crippen molar-refractivity contribution >= 4 is 44.9 Å². The Balaban J connectivity index is 2.58. The largest absolute Gasteiger partial charge is 0.495 e. The van der Waals surface area contributed by atoms with Gasteiger partial charge in [0.25, 0.3) is 10.0 Å². The van der Waals surface area contributed by atoms with E-state index in [4.69, 9.17) is 32.7 Å². The standard InChI is InChI=1S/C18H19Cl2NO5S/c1-4-26-16(22)11-21(13-7-5-12(2)6-8-13)27(23,24)15-10-9-14(25-3)17(19)18(15)20/h5-10H,4,11H2,1-3H3. The second kappa shape index (κ2) is 8.82. The molecule has 0 amide bonds. The van der Waals surface area contributed by atoms with Gasteiger partial charge in [0.2, 0.25) is 0 Å². The number of hydrogen-bond donors (Lipinski definition) is 0. The van der Waals surface area contributed by atoms with Crippen molar-refractivity contribution in [3.05, 3.63) is 52.0 Å². The van der Waals surface area contributed by atoms with Gasteiger partial charge in [-0.1, -0.05) is 40.9 Å². The lowest BCUT2D eigenvalue weighted by Gasteiger charge is -2.24. The number of halogens is 2. The second-order valence-electron chi connectivity index (χ2n) is 5.55. The molecule has 0 heterocycles. The SMILES string of the molecule is CCOC(=O)CN(c1ccc(C)cc1)S(=O)(=O)c1ccc(OC)c(Cl)c1Cl. The van der Waals surface area contributed by atoms with Crippen LogP contribution in [0.1, 0.15) is 12.5 Å². The van der Waals surface area contributed by atoms with E-state index in [0.29, 0.717) is 5.69 Å². The van der Waals surface area contributed by atoms with E-state index in [9.17, 15) is 13.2 Å². The van der Waals surface area contributed by atoms with Gasteiger partial charge >= 0.3 is 5.97 Å². The van der Waals surface area contributed by atoms with Gasteiger partial charge in [-0.2, -0.15) is 0 Å². The Labute approximate surface area is 168 Å². The maximum atomic E-state index is 13.3. The number of ether oxygens (including phenoxy) is 2. The number of hydrogen-bond acceptors (Lipinski definition) is 5. The number of carbonyl (C=O) groups excluding carboxylic acids is 1. The Morgan fingerprint density at radius 3 is 2.26 bits per heavy atom. The topological polar surface area (TPSA) is 72.9 Å². The average Bonchev–Trinajstić information content (AvgIpc) is 2.62. The van der Waals surface area contributed by atoms with E-state index in [0.717, 1.165) is 9.87 Å². The van der Waals surface area contributed by atoms with Crippen molar-refractivity contribution in [3.8, 4) is 5.75 Å². The highest BCUT2D eigenvalue weighted by atomic mass is 35.5. The van der Waals surface area contributed by atoms with Crippen LogP contribution in [-0.4, -0.2) is 34.6 Å². The van der Waals surface area contributed by atoms with Crippen molar-refractivity contribution in [1.82, 2.24) is 0 Å². The van der Waals surface area contributed by atoms with Crippen LogP contribution in [0.2, 0.25) is 10.0 Å². The zero-order valence-electron chi connectivity index (χ0n) is 15.0. The first kappa shape index (κ1) is 21.3. The summed E-state index contributed by atoms with van der Waals surface area (Å²) in [4.78, 5) is 11.8. The molecule has 0 N–H and O–H groups in total. The number of sulfonamides is 1. The first-order chi connectivity index (χ1) is 12.7. The highest BCUT2D eigenvalue weighted by Crippen LogP contribution is 2.38. The number of anilines is 1. The summed E-state index contributed by atoms with van der Waals surface area (Å²) >= 11 is 12.3. The third-order valence-electron chi connectivity index (χ3n) is 3.70. The number of rotatable bonds is 7. The summed E-state index contributed by atoms with van der Waals surface area (Å²) in [5.74, 6) is -0.440. The first-order valence-electron chi connectivity index (χ1n) is 7.99. The van der Waals surface area contributed by atoms with E-state index >= 15 is 0 Å². The van der Waals surface area contributed by atoms with Crippen LogP contribution in [0.25, 0.3) is 0 Å². The molecule has 0 saturated heterocycles. The Bertz CT molecular complexity index is 930. The molecule has 146 valence electrons. The molecule has 0 aliphatic rings. The van der Waals surface area contributed by atoms with E-state index in [1.165, 1.54) is 19.2 Å². The Morgan fingerprint density at radius 1 is 1.07 bits per heavy atom. The number of nitrogens with zero attached hydrogens (tertiary/aromatic N) is 1. The molecule has 0 aromatic heterocycles. The van der Waals surface area contributed by atoms with E-state index in [1.807, 2.05) is 6.92 Å². The number of aryl methyl sites for hydroxylation is 1. The van der Waals surface area contributed by atoms with Crippen molar-refractivity contribution in [2.24, 2.45) is 0 Å². The van der Waals surface area contributed by atoms with Gasteiger partial charge in [-0.25, -0.2) is 8.42 Å². The molecule has 9 heteroatoms. The minimum absolute atomic E-state index is 0.0276. The zero-order chi connectivity index (χ0) is 20.2. The van der Waals surface area contributed by atoms with Gasteiger partial charge in [0, 0.05) is 0 Å². The summed E-state index contributed by atoms with van der Waals surface area (Å²) in [7, 11) is -2.80. The lowest BCUT2D eigenvalue weighted by atomic mass is 10.2. The summed E-state index contributed by atoms with van der Waals surface area (Å²) in [5, 5.41) is -0.211. The fourth-order valence-corrected chi connectivity index (χ4v) is 4.57. The minimum Gasteiger partial charge on any atom is -0.495 e. The minimum atomic E-state index is -4.20. The van der Waals surface area contributed by atoms with E-state index in [1.54, 1.807) is 31.2 Å². The number of esters is 1. The molecule has 0 atom stereocenters. The molecule has 0 saturated carbocycles. The van der Waals surface area contributed by atoms with Crippen LogP contribution in [-0.2, 0) is 19.6 Å². The molecule has 6 nitrogen and oxygen atoms in total. The van der Waals surface area contributed by atoms with Crippen molar-refractivity contribution in [2.75, 3.05) is 24.6 Å². The van der Waals surface area contributed by atoms with Gasteiger partial charge in [0.15, 0.2) is 0 Å². The van der Waals surface area contributed by atoms with Gasteiger partial charge in [-0.05, 0) is 38.1 Å². The maximum absolute atomic E-state index is 13.3. The molecular weight excluding hydrogens is 413 g/mol. The van der Waals surface area contributed by atoms with Gasteiger partial charge in [0.1, 0.15) is 22.2 Å². The monoisotopic (exact) mass is 431 g/mol. The highest BCUT2D eigenvalue weighted by molar-refractivity contribution is 7.93. The van der Waals surface area contributed by atoms with Crippen LogP contribution in [0.3, 0.4) is 0 Å². The van der Waals surface area contributed by atoms with Crippen molar-refractivity contribution in [1.29, 1.82) is 0 Å². The molecule has 2 rings (SSSR count). The van der Waals surface area contributed by atoms with Crippen LogP contribution in [0.15, 0.2) is 41.3 Å². The number of carbonyl (C=O) groups is 1. The van der Waals surface area contributed by atoms with E-state index in [-0.39, 0.29) is 27.3 Å². The molecule has 2 aromatic carbocycles. The molecular formula is C18H19Cl2NO5S. The second-order valence-corrected chi connectivity index (χ2v) is 8.13. The lowest BCUT2D eigenvalue weighted by Crippen LogP contribution is -2.36.